The van der Waals surface area contributed by atoms with Gasteiger partial charge < -0.3 is 10.1 Å². The van der Waals surface area contributed by atoms with Crippen LogP contribution in [-0.4, -0.2) is 54.2 Å². The molecule has 7 nitrogen and oxygen atoms in total. The van der Waals surface area contributed by atoms with Crippen molar-refractivity contribution in [2.24, 2.45) is 0 Å². The van der Waals surface area contributed by atoms with E-state index in [4.69, 9.17) is 9.84 Å². The number of rotatable bonds is 7. The Kier molecular flexibility index (Phi) is 7.63. The van der Waals surface area contributed by atoms with Crippen LogP contribution in [0.25, 0.3) is 5.69 Å². The Morgan fingerprint density at radius 1 is 1.29 bits per heavy atom. The van der Waals surface area contributed by atoms with E-state index in [0.29, 0.717) is 24.7 Å². The summed E-state index contributed by atoms with van der Waals surface area (Å²) in [5, 5.41) is 9.60. The van der Waals surface area contributed by atoms with Crippen molar-refractivity contribution in [1.29, 1.82) is 0 Å². The topological polar surface area (TPSA) is 76.5 Å². The van der Waals surface area contributed by atoms with Crippen molar-refractivity contribution >= 4 is 40.7 Å². The second-order valence-electron chi connectivity index (χ2n) is 9.26. The van der Waals surface area contributed by atoms with Crippen molar-refractivity contribution in [3.8, 4) is 5.69 Å². The molecule has 2 aromatic heterocycles. The molecule has 1 atom stereocenters. The maximum Gasteiger partial charge on any atom is 0.240 e. The lowest BCUT2D eigenvalue weighted by Gasteiger charge is -2.24. The highest BCUT2D eigenvalue weighted by molar-refractivity contribution is 8.00. The molecule has 0 fully saturated rings. The number of aromatic nitrogens is 2. The Hall–Kier alpha value is -2.69. The number of amides is 2. The summed E-state index contributed by atoms with van der Waals surface area (Å²) in [6.07, 6.45) is 0. The number of halogens is 1. The van der Waals surface area contributed by atoms with Gasteiger partial charge in [-0.15, -0.1) is 23.1 Å². The lowest BCUT2D eigenvalue weighted by atomic mass is 9.88. The Morgan fingerprint density at radius 3 is 2.74 bits per heavy atom. The van der Waals surface area contributed by atoms with Crippen LogP contribution in [0.2, 0.25) is 0 Å². The standard InChI is InChI=1S/C25H29FN4O3S2/c1-25(2,3)23-21-22(18-9-6-12-34-18)35-15-20(32)29(14-19(31)27-10-11-33-4)24(21)30(28-23)17-8-5-7-16(26)13-17/h5-9,12-13,22H,10-11,14-15H2,1-4H3,(H,27,31). The molecule has 2 amide bonds. The fraction of sp³-hybridized carbons (Fsp3) is 0.400. The first-order valence-electron chi connectivity index (χ1n) is 11.3. The lowest BCUT2D eigenvalue weighted by molar-refractivity contribution is -0.123. The van der Waals surface area contributed by atoms with E-state index in [1.54, 1.807) is 35.3 Å². The summed E-state index contributed by atoms with van der Waals surface area (Å²) in [5.41, 5.74) is 1.82. The summed E-state index contributed by atoms with van der Waals surface area (Å²) in [6, 6.07) is 10.2. The Balaban J connectivity index is 1.93. The summed E-state index contributed by atoms with van der Waals surface area (Å²) >= 11 is 3.15. The first-order valence-corrected chi connectivity index (χ1v) is 13.2. The predicted octanol–water partition coefficient (Wildman–Crippen LogP) is 4.30. The zero-order chi connectivity index (χ0) is 25.2. The van der Waals surface area contributed by atoms with Crippen LogP contribution in [0.3, 0.4) is 0 Å². The predicted molar refractivity (Wildman–Crippen MR) is 138 cm³/mol. The minimum absolute atomic E-state index is 0.146. The van der Waals surface area contributed by atoms with E-state index in [2.05, 4.69) is 32.2 Å². The molecule has 186 valence electrons. The van der Waals surface area contributed by atoms with Gasteiger partial charge in [0.1, 0.15) is 18.2 Å². The smallest absolute Gasteiger partial charge is 0.240 e. The van der Waals surface area contributed by atoms with Gasteiger partial charge in [0.2, 0.25) is 11.8 Å². The summed E-state index contributed by atoms with van der Waals surface area (Å²) in [5.74, 6) is -0.191. The van der Waals surface area contributed by atoms with Gasteiger partial charge in [-0.3, -0.25) is 14.5 Å². The van der Waals surface area contributed by atoms with E-state index >= 15 is 0 Å². The van der Waals surface area contributed by atoms with Crippen molar-refractivity contribution in [2.45, 2.75) is 31.4 Å². The van der Waals surface area contributed by atoms with Crippen LogP contribution in [-0.2, 0) is 19.7 Å². The molecule has 1 unspecified atom stereocenters. The number of thiophene rings is 1. The van der Waals surface area contributed by atoms with Crippen molar-refractivity contribution in [3.63, 3.8) is 0 Å². The summed E-state index contributed by atoms with van der Waals surface area (Å²) in [4.78, 5) is 28.9. The van der Waals surface area contributed by atoms with Crippen LogP contribution in [0.4, 0.5) is 10.2 Å². The van der Waals surface area contributed by atoms with E-state index in [9.17, 15) is 14.0 Å². The number of ether oxygens (including phenoxy) is 1. The third-order valence-corrected chi connectivity index (χ3v) is 7.91. The number of anilines is 1. The van der Waals surface area contributed by atoms with Crippen LogP contribution in [0.15, 0.2) is 41.8 Å². The molecule has 0 saturated carbocycles. The number of thioether (sulfide) groups is 1. The number of benzene rings is 1. The number of methoxy groups -OCH3 is 1. The fourth-order valence-corrected chi connectivity index (χ4v) is 6.19. The Labute approximate surface area is 212 Å². The first kappa shape index (κ1) is 25.4. The summed E-state index contributed by atoms with van der Waals surface area (Å²) < 4.78 is 20.9. The molecule has 4 rings (SSSR count). The Morgan fingerprint density at radius 2 is 2.09 bits per heavy atom. The van der Waals surface area contributed by atoms with E-state index in [0.717, 1.165) is 16.1 Å². The van der Waals surface area contributed by atoms with Gasteiger partial charge in [-0.25, -0.2) is 9.07 Å². The van der Waals surface area contributed by atoms with E-state index < -0.39 is 5.82 Å². The van der Waals surface area contributed by atoms with Crippen LogP contribution in [0.1, 0.15) is 42.2 Å². The number of hydrogen-bond donors (Lipinski definition) is 1. The number of carbonyl (C=O) groups excluding carboxylic acids is 2. The molecule has 1 aliphatic heterocycles. The largest absolute Gasteiger partial charge is 0.383 e. The van der Waals surface area contributed by atoms with Gasteiger partial charge in [-0.2, -0.15) is 5.10 Å². The highest BCUT2D eigenvalue weighted by atomic mass is 32.2. The van der Waals surface area contributed by atoms with Gasteiger partial charge in [-0.1, -0.05) is 32.9 Å². The van der Waals surface area contributed by atoms with E-state index in [1.807, 2.05) is 11.4 Å². The molecule has 0 aliphatic carbocycles. The molecule has 1 aliphatic rings. The van der Waals surface area contributed by atoms with Gasteiger partial charge in [0.25, 0.3) is 0 Å². The molecule has 1 N–H and O–H groups in total. The van der Waals surface area contributed by atoms with Crippen molar-refractivity contribution in [2.75, 3.05) is 37.5 Å². The van der Waals surface area contributed by atoms with Gasteiger partial charge in [0.05, 0.1) is 29.0 Å². The number of carbonyl (C=O) groups is 2. The maximum atomic E-state index is 14.3. The van der Waals surface area contributed by atoms with Crippen molar-refractivity contribution in [3.05, 3.63) is 63.7 Å². The number of nitrogens with one attached hydrogen (secondary N) is 1. The average molecular weight is 517 g/mol. The van der Waals surface area contributed by atoms with Crippen LogP contribution >= 0.6 is 23.1 Å². The third-order valence-electron chi connectivity index (χ3n) is 5.58. The van der Waals surface area contributed by atoms with Gasteiger partial charge in [0.15, 0.2) is 0 Å². The van der Waals surface area contributed by atoms with Gasteiger partial charge in [0, 0.05) is 29.5 Å². The summed E-state index contributed by atoms with van der Waals surface area (Å²) in [6.45, 7) is 6.74. The minimum Gasteiger partial charge on any atom is -0.383 e. The highest BCUT2D eigenvalue weighted by Gasteiger charge is 2.40. The van der Waals surface area contributed by atoms with Crippen molar-refractivity contribution < 1.29 is 18.7 Å². The minimum atomic E-state index is -0.406. The van der Waals surface area contributed by atoms with Crippen molar-refractivity contribution in [1.82, 2.24) is 15.1 Å². The molecule has 0 bridgehead atoms. The fourth-order valence-electron chi connectivity index (χ4n) is 4.02. The molecule has 1 aromatic carbocycles. The summed E-state index contributed by atoms with van der Waals surface area (Å²) in [7, 11) is 1.56. The van der Waals surface area contributed by atoms with Crippen LogP contribution in [0.5, 0.6) is 0 Å². The van der Waals surface area contributed by atoms with E-state index in [1.165, 1.54) is 28.8 Å². The molecule has 35 heavy (non-hydrogen) atoms. The molecular formula is C25H29FN4O3S2. The molecule has 0 spiro atoms. The van der Waals surface area contributed by atoms with Crippen LogP contribution < -0.4 is 10.2 Å². The maximum absolute atomic E-state index is 14.3. The molecule has 0 saturated heterocycles. The first-order chi connectivity index (χ1) is 16.7. The zero-order valence-corrected chi connectivity index (χ0v) is 21.8. The zero-order valence-electron chi connectivity index (χ0n) is 20.2. The number of fused-ring (bicyclic) bond motifs is 1. The normalized spacial score (nSPS) is 16.2. The average Bonchev–Trinajstić information content (AvgIpc) is 3.44. The molecule has 10 heteroatoms. The highest BCUT2D eigenvalue weighted by Crippen LogP contribution is 2.49. The van der Waals surface area contributed by atoms with Crippen LogP contribution in [0, 0.1) is 5.82 Å². The van der Waals surface area contributed by atoms with E-state index in [-0.39, 0.29) is 34.8 Å². The number of hydrogen-bond acceptors (Lipinski definition) is 6. The van der Waals surface area contributed by atoms with Gasteiger partial charge >= 0.3 is 0 Å². The second-order valence-corrected chi connectivity index (χ2v) is 11.3. The SMILES string of the molecule is COCCNC(=O)CN1C(=O)CSC(c2cccs2)c2c(C(C)(C)C)nn(-c3cccc(F)c3)c21. The molecule has 3 aromatic rings. The molecular weight excluding hydrogens is 487 g/mol. The third kappa shape index (κ3) is 5.44. The molecule has 3 heterocycles. The Bertz CT molecular complexity index is 1200. The lowest BCUT2D eigenvalue weighted by Crippen LogP contribution is -2.43. The number of nitrogens with zero attached hydrogens (tertiary/aromatic N) is 3. The monoisotopic (exact) mass is 516 g/mol. The molecule has 0 radical (unpaired) electrons. The van der Waals surface area contributed by atoms with Gasteiger partial charge in [-0.05, 0) is 29.6 Å². The second kappa shape index (κ2) is 10.5. The quantitative estimate of drug-likeness (QED) is 0.474.